The summed E-state index contributed by atoms with van der Waals surface area (Å²) in [6, 6.07) is 4.02. The SMILES string of the molecule is C.CCCC(=O)Nc1ccc(F)c(C(OC)c2c[nH]c3ncc(OC)cc23)c1F. The van der Waals surface area contributed by atoms with Crippen molar-refractivity contribution in [2.45, 2.75) is 33.3 Å². The Hall–Kier alpha value is -3.00. The number of pyridine rings is 1. The van der Waals surface area contributed by atoms with E-state index >= 15 is 4.39 Å². The van der Waals surface area contributed by atoms with Crippen molar-refractivity contribution in [2.24, 2.45) is 0 Å². The number of fused-ring (bicyclic) bond motifs is 1. The van der Waals surface area contributed by atoms with E-state index in [1.165, 1.54) is 26.5 Å². The number of H-pyrrole nitrogens is 1. The summed E-state index contributed by atoms with van der Waals surface area (Å²) < 4.78 is 40.4. The molecule has 0 aliphatic heterocycles. The molecule has 6 nitrogen and oxygen atoms in total. The van der Waals surface area contributed by atoms with Gasteiger partial charge in [0.05, 0.1) is 24.6 Å². The molecular formula is C21H25F2N3O3. The van der Waals surface area contributed by atoms with Gasteiger partial charge in [0.2, 0.25) is 5.91 Å². The van der Waals surface area contributed by atoms with Crippen molar-refractivity contribution in [1.29, 1.82) is 0 Å². The Labute approximate surface area is 168 Å². The standard InChI is InChI=1S/C20H21F2N3O3.CH4/c1-4-5-16(26)25-15-7-6-14(21)17(18(15)22)19(28-3)13-10-24-20-12(13)8-11(27-2)9-23-20;/h6-10,19H,4-5H2,1-3H3,(H,23,24)(H,25,26);1H4. The van der Waals surface area contributed by atoms with Gasteiger partial charge in [-0.2, -0.15) is 0 Å². The van der Waals surface area contributed by atoms with Crippen LogP contribution in [0.3, 0.4) is 0 Å². The molecule has 0 saturated heterocycles. The average Bonchev–Trinajstić information content (AvgIpc) is 3.10. The monoisotopic (exact) mass is 405 g/mol. The number of rotatable bonds is 7. The summed E-state index contributed by atoms with van der Waals surface area (Å²) in [5.74, 6) is -1.48. The van der Waals surface area contributed by atoms with Gasteiger partial charge in [-0.25, -0.2) is 13.8 Å². The highest BCUT2D eigenvalue weighted by Crippen LogP contribution is 2.36. The fraction of sp³-hybridized carbons (Fsp3) is 0.333. The van der Waals surface area contributed by atoms with Gasteiger partial charge in [0.1, 0.15) is 23.3 Å². The first-order valence-electron chi connectivity index (χ1n) is 8.81. The van der Waals surface area contributed by atoms with Gasteiger partial charge in [-0.1, -0.05) is 14.4 Å². The minimum atomic E-state index is -1.05. The predicted octanol–water partition coefficient (Wildman–Crippen LogP) is 4.96. The maximum Gasteiger partial charge on any atom is 0.224 e. The number of anilines is 1. The van der Waals surface area contributed by atoms with Crippen LogP contribution in [0.5, 0.6) is 5.75 Å². The number of benzene rings is 1. The predicted molar refractivity (Wildman–Crippen MR) is 108 cm³/mol. The third-order valence-electron chi connectivity index (χ3n) is 4.43. The molecule has 0 spiro atoms. The van der Waals surface area contributed by atoms with Gasteiger partial charge in [-0.05, 0) is 24.6 Å². The van der Waals surface area contributed by atoms with Crippen molar-refractivity contribution in [3.8, 4) is 5.75 Å². The van der Waals surface area contributed by atoms with E-state index in [4.69, 9.17) is 9.47 Å². The number of amides is 1. The Morgan fingerprint density at radius 3 is 2.72 bits per heavy atom. The number of carbonyl (C=O) groups is 1. The number of aromatic amines is 1. The van der Waals surface area contributed by atoms with Crippen LogP contribution in [0.2, 0.25) is 0 Å². The van der Waals surface area contributed by atoms with Gasteiger partial charge in [-0.15, -0.1) is 0 Å². The van der Waals surface area contributed by atoms with E-state index in [1.807, 2.05) is 6.92 Å². The van der Waals surface area contributed by atoms with E-state index in [1.54, 1.807) is 12.3 Å². The number of nitrogens with zero attached hydrogens (tertiary/aromatic N) is 1. The van der Waals surface area contributed by atoms with Crippen LogP contribution in [0.1, 0.15) is 44.4 Å². The molecule has 0 saturated carbocycles. The molecule has 3 aromatic rings. The Balaban J connectivity index is 0.00000300. The van der Waals surface area contributed by atoms with Gasteiger partial charge >= 0.3 is 0 Å². The summed E-state index contributed by atoms with van der Waals surface area (Å²) in [5, 5.41) is 3.10. The van der Waals surface area contributed by atoms with Gasteiger partial charge in [0.25, 0.3) is 0 Å². The van der Waals surface area contributed by atoms with Crippen LogP contribution in [-0.2, 0) is 9.53 Å². The van der Waals surface area contributed by atoms with E-state index in [-0.39, 0.29) is 31.0 Å². The molecule has 156 valence electrons. The van der Waals surface area contributed by atoms with Crippen molar-refractivity contribution >= 4 is 22.6 Å². The Kier molecular flexibility index (Phi) is 7.28. The molecule has 3 rings (SSSR count). The highest BCUT2D eigenvalue weighted by molar-refractivity contribution is 5.91. The van der Waals surface area contributed by atoms with Gasteiger partial charge in [0, 0.05) is 30.7 Å². The first-order valence-corrected chi connectivity index (χ1v) is 8.81. The summed E-state index contributed by atoms with van der Waals surface area (Å²) in [7, 11) is 2.86. The van der Waals surface area contributed by atoms with Crippen molar-refractivity contribution in [3.05, 3.63) is 53.4 Å². The average molecular weight is 405 g/mol. The van der Waals surface area contributed by atoms with E-state index < -0.39 is 17.7 Å². The molecule has 0 aliphatic carbocycles. The van der Waals surface area contributed by atoms with Crippen molar-refractivity contribution in [2.75, 3.05) is 19.5 Å². The number of carbonyl (C=O) groups excluding carboxylic acids is 1. The maximum absolute atomic E-state index is 15.1. The molecule has 1 unspecified atom stereocenters. The van der Waals surface area contributed by atoms with Gasteiger partial charge in [-0.3, -0.25) is 4.79 Å². The number of aromatic nitrogens is 2. The van der Waals surface area contributed by atoms with Crippen LogP contribution in [0.4, 0.5) is 14.5 Å². The largest absolute Gasteiger partial charge is 0.495 e. The molecule has 1 amide bonds. The minimum absolute atomic E-state index is 0. The first-order chi connectivity index (χ1) is 13.5. The summed E-state index contributed by atoms with van der Waals surface area (Å²) in [4.78, 5) is 19.0. The first kappa shape index (κ1) is 22.3. The fourth-order valence-electron chi connectivity index (χ4n) is 3.08. The normalized spacial score (nSPS) is 11.8. The third kappa shape index (κ3) is 4.37. The maximum atomic E-state index is 15.1. The van der Waals surface area contributed by atoms with E-state index in [2.05, 4.69) is 15.3 Å². The zero-order valence-electron chi connectivity index (χ0n) is 15.8. The second-order valence-electron chi connectivity index (χ2n) is 6.25. The fourth-order valence-corrected chi connectivity index (χ4v) is 3.08. The molecule has 1 atom stereocenters. The topological polar surface area (TPSA) is 76.2 Å². The van der Waals surface area contributed by atoms with Crippen LogP contribution >= 0.6 is 0 Å². The molecule has 2 N–H and O–H groups in total. The van der Waals surface area contributed by atoms with Crippen LogP contribution in [0.15, 0.2) is 30.6 Å². The third-order valence-corrected chi connectivity index (χ3v) is 4.43. The van der Waals surface area contributed by atoms with Crippen molar-refractivity contribution < 1.29 is 23.0 Å². The molecule has 2 heterocycles. The number of methoxy groups -OCH3 is 2. The number of ether oxygens (including phenoxy) is 2. The minimum Gasteiger partial charge on any atom is -0.495 e. The Bertz CT molecular complexity index is 1000. The second kappa shape index (κ2) is 9.47. The molecule has 1 aromatic carbocycles. The summed E-state index contributed by atoms with van der Waals surface area (Å²) in [6.45, 7) is 1.84. The van der Waals surface area contributed by atoms with E-state index in [0.717, 1.165) is 6.07 Å². The molecule has 0 radical (unpaired) electrons. The molecule has 29 heavy (non-hydrogen) atoms. The lowest BCUT2D eigenvalue weighted by Crippen LogP contribution is -2.15. The number of hydrogen-bond donors (Lipinski definition) is 2. The quantitative estimate of drug-likeness (QED) is 0.583. The summed E-state index contributed by atoms with van der Waals surface area (Å²) >= 11 is 0. The lowest BCUT2D eigenvalue weighted by molar-refractivity contribution is -0.116. The van der Waals surface area contributed by atoms with Crippen LogP contribution in [0, 0.1) is 11.6 Å². The zero-order valence-corrected chi connectivity index (χ0v) is 15.8. The Morgan fingerprint density at radius 1 is 1.31 bits per heavy atom. The van der Waals surface area contributed by atoms with E-state index in [9.17, 15) is 9.18 Å². The highest BCUT2D eigenvalue weighted by Gasteiger charge is 2.27. The van der Waals surface area contributed by atoms with Crippen molar-refractivity contribution in [1.82, 2.24) is 9.97 Å². The smallest absolute Gasteiger partial charge is 0.224 e. The molecule has 0 bridgehead atoms. The van der Waals surface area contributed by atoms with E-state index in [0.29, 0.717) is 28.8 Å². The summed E-state index contributed by atoms with van der Waals surface area (Å²) in [5.41, 5.74) is 0.651. The lowest BCUT2D eigenvalue weighted by atomic mass is 9.99. The molecule has 8 heteroatoms. The Morgan fingerprint density at radius 2 is 2.07 bits per heavy atom. The highest BCUT2D eigenvalue weighted by atomic mass is 19.1. The second-order valence-corrected chi connectivity index (χ2v) is 6.25. The number of nitrogens with one attached hydrogen (secondary N) is 2. The van der Waals surface area contributed by atoms with Crippen LogP contribution in [0.25, 0.3) is 11.0 Å². The zero-order chi connectivity index (χ0) is 20.3. The lowest BCUT2D eigenvalue weighted by Gasteiger charge is -2.19. The van der Waals surface area contributed by atoms with Gasteiger partial charge in [0.15, 0.2) is 5.82 Å². The molecular weight excluding hydrogens is 380 g/mol. The summed E-state index contributed by atoms with van der Waals surface area (Å²) in [6.07, 6.45) is 2.94. The number of halogens is 2. The van der Waals surface area contributed by atoms with Crippen LogP contribution in [-0.4, -0.2) is 30.1 Å². The molecule has 0 aliphatic rings. The molecule has 2 aromatic heterocycles. The van der Waals surface area contributed by atoms with Gasteiger partial charge < -0.3 is 19.8 Å². The number of hydrogen-bond acceptors (Lipinski definition) is 4. The van der Waals surface area contributed by atoms with Crippen LogP contribution < -0.4 is 10.1 Å². The molecule has 0 fully saturated rings. The van der Waals surface area contributed by atoms with Crippen molar-refractivity contribution in [3.63, 3.8) is 0 Å².